The molecule has 3 nitrogen and oxygen atoms in total. The molecule has 0 N–H and O–H groups in total. The molecule has 0 aromatic heterocycles. The SMILES string of the molecule is CCC(=O)OC1(c2ccc(Cl)cc2)CCN(C2(c3ccccc3)CCCCC2)CC1. The first-order valence-corrected chi connectivity index (χ1v) is 11.7. The molecule has 0 atom stereocenters. The molecule has 0 amide bonds. The van der Waals surface area contributed by atoms with Crippen molar-refractivity contribution in [3.63, 3.8) is 0 Å². The first kappa shape index (κ1) is 21.4. The van der Waals surface area contributed by atoms with Crippen LogP contribution in [-0.2, 0) is 20.7 Å². The third-order valence-corrected chi connectivity index (χ3v) is 7.39. The monoisotopic (exact) mass is 425 g/mol. The van der Waals surface area contributed by atoms with Crippen LogP contribution >= 0.6 is 11.6 Å². The van der Waals surface area contributed by atoms with Crippen molar-refractivity contribution in [1.29, 1.82) is 0 Å². The molecule has 30 heavy (non-hydrogen) atoms. The van der Waals surface area contributed by atoms with Gasteiger partial charge in [-0.1, -0.05) is 80.3 Å². The summed E-state index contributed by atoms with van der Waals surface area (Å²) in [6, 6.07) is 18.9. The lowest BCUT2D eigenvalue weighted by molar-refractivity contribution is -0.169. The van der Waals surface area contributed by atoms with Crippen LogP contribution in [0.3, 0.4) is 0 Å². The molecule has 160 valence electrons. The second-order valence-corrected chi connectivity index (χ2v) is 9.21. The van der Waals surface area contributed by atoms with Crippen LogP contribution in [0.25, 0.3) is 0 Å². The van der Waals surface area contributed by atoms with Gasteiger partial charge in [-0.3, -0.25) is 9.69 Å². The molecule has 1 heterocycles. The zero-order valence-electron chi connectivity index (χ0n) is 17.9. The van der Waals surface area contributed by atoms with Gasteiger partial charge in [0, 0.05) is 42.9 Å². The summed E-state index contributed by atoms with van der Waals surface area (Å²) in [5, 5.41) is 0.707. The lowest BCUT2D eigenvalue weighted by Gasteiger charge is -2.52. The molecule has 0 bridgehead atoms. The van der Waals surface area contributed by atoms with E-state index in [9.17, 15) is 4.79 Å². The third-order valence-electron chi connectivity index (χ3n) is 7.14. The summed E-state index contributed by atoms with van der Waals surface area (Å²) in [7, 11) is 0. The Balaban J connectivity index is 1.61. The van der Waals surface area contributed by atoms with Crippen molar-refractivity contribution in [3.8, 4) is 0 Å². The molecule has 4 heteroatoms. The Labute approximate surface area is 185 Å². The molecule has 2 fully saturated rings. The number of piperidine rings is 1. The molecular weight excluding hydrogens is 394 g/mol. The fourth-order valence-electron chi connectivity index (χ4n) is 5.46. The van der Waals surface area contributed by atoms with Crippen molar-refractivity contribution in [1.82, 2.24) is 4.90 Å². The number of carbonyl (C=O) groups is 1. The van der Waals surface area contributed by atoms with E-state index in [-0.39, 0.29) is 11.5 Å². The Morgan fingerprint density at radius 2 is 1.53 bits per heavy atom. The highest BCUT2D eigenvalue weighted by Crippen LogP contribution is 2.47. The number of hydrogen-bond acceptors (Lipinski definition) is 3. The molecule has 2 aromatic rings. The van der Waals surface area contributed by atoms with Crippen molar-refractivity contribution in [2.75, 3.05) is 13.1 Å². The number of esters is 1. The van der Waals surface area contributed by atoms with Gasteiger partial charge in [0.25, 0.3) is 0 Å². The molecule has 0 unspecified atom stereocenters. The quantitative estimate of drug-likeness (QED) is 0.516. The highest BCUT2D eigenvalue weighted by molar-refractivity contribution is 6.30. The number of carbonyl (C=O) groups excluding carboxylic acids is 1. The summed E-state index contributed by atoms with van der Waals surface area (Å²) in [5.74, 6) is -0.131. The molecule has 1 saturated heterocycles. The van der Waals surface area contributed by atoms with Crippen molar-refractivity contribution < 1.29 is 9.53 Å². The maximum Gasteiger partial charge on any atom is 0.306 e. The summed E-state index contributed by atoms with van der Waals surface area (Å²) in [6.45, 7) is 3.71. The van der Waals surface area contributed by atoms with Crippen LogP contribution in [0.15, 0.2) is 54.6 Å². The van der Waals surface area contributed by atoms with Crippen LogP contribution in [0, 0.1) is 0 Å². The molecule has 1 saturated carbocycles. The number of nitrogens with zero attached hydrogens (tertiary/aromatic N) is 1. The molecule has 2 aliphatic rings. The van der Waals surface area contributed by atoms with E-state index in [2.05, 4.69) is 35.2 Å². The average molecular weight is 426 g/mol. The van der Waals surface area contributed by atoms with E-state index in [1.165, 1.54) is 37.7 Å². The van der Waals surface area contributed by atoms with Crippen LogP contribution in [0.4, 0.5) is 0 Å². The third kappa shape index (κ3) is 4.15. The van der Waals surface area contributed by atoms with Crippen LogP contribution in [0.2, 0.25) is 5.02 Å². The number of ether oxygens (including phenoxy) is 1. The number of rotatable bonds is 5. The van der Waals surface area contributed by atoms with Gasteiger partial charge < -0.3 is 4.74 Å². The van der Waals surface area contributed by atoms with Crippen molar-refractivity contribution >= 4 is 17.6 Å². The lowest BCUT2D eigenvalue weighted by atomic mass is 9.73. The normalized spacial score (nSPS) is 21.1. The largest absolute Gasteiger partial charge is 0.454 e. The Kier molecular flexibility index (Phi) is 6.50. The van der Waals surface area contributed by atoms with E-state index < -0.39 is 5.60 Å². The summed E-state index contributed by atoms with van der Waals surface area (Å²) < 4.78 is 6.12. The van der Waals surface area contributed by atoms with Crippen molar-refractivity contribution in [3.05, 3.63) is 70.7 Å². The van der Waals surface area contributed by atoms with E-state index in [0.29, 0.717) is 11.4 Å². The van der Waals surface area contributed by atoms with E-state index >= 15 is 0 Å². The zero-order valence-corrected chi connectivity index (χ0v) is 18.7. The second-order valence-electron chi connectivity index (χ2n) is 8.77. The average Bonchev–Trinajstić information content (AvgIpc) is 2.81. The fraction of sp³-hybridized carbons (Fsp3) is 0.500. The minimum absolute atomic E-state index is 0.112. The Morgan fingerprint density at radius 3 is 2.13 bits per heavy atom. The maximum atomic E-state index is 12.3. The summed E-state index contributed by atoms with van der Waals surface area (Å²) >= 11 is 6.12. The highest BCUT2D eigenvalue weighted by atomic mass is 35.5. The summed E-state index contributed by atoms with van der Waals surface area (Å²) in [4.78, 5) is 15.0. The van der Waals surface area contributed by atoms with E-state index in [1.807, 2.05) is 31.2 Å². The fourth-order valence-corrected chi connectivity index (χ4v) is 5.59. The molecule has 1 aliphatic heterocycles. The number of likely N-dealkylation sites (tertiary alicyclic amines) is 1. The Morgan fingerprint density at radius 1 is 0.900 bits per heavy atom. The smallest absolute Gasteiger partial charge is 0.306 e. The van der Waals surface area contributed by atoms with Gasteiger partial charge in [0.2, 0.25) is 0 Å². The number of benzene rings is 2. The summed E-state index contributed by atoms with van der Waals surface area (Å²) in [5.41, 5.74) is 2.06. The minimum atomic E-state index is -0.555. The van der Waals surface area contributed by atoms with Gasteiger partial charge in [-0.25, -0.2) is 0 Å². The number of halogens is 1. The molecule has 2 aromatic carbocycles. The van der Waals surface area contributed by atoms with Gasteiger partial charge in [0.1, 0.15) is 5.60 Å². The standard InChI is InChI=1S/C26H32ClNO2/c1-2-24(29)30-26(22-11-13-23(27)14-12-22)17-19-28(20-18-26)25(15-7-4-8-16-25)21-9-5-3-6-10-21/h3,5-6,9-14H,2,4,7-8,15-20H2,1H3. The molecule has 1 aliphatic carbocycles. The predicted molar refractivity (Wildman–Crippen MR) is 122 cm³/mol. The molecule has 4 rings (SSSR count). The van der Waals surface area contributed by atoms with Gasteiger partial charge in [0.15, 0.2) is 0 Å². The van der Waals surface area contributed by atoms with Crippen LogP contribution < -0.4 is 0 Å². The highest BCUT2D eigenvalue weighted by Gasteiger charge is 2.46. The van der Waals surface area contributed by atoms with Gasteiger partial charge in [-0.2, -0.15) is 0 Å². The topological polar surface area (TPSA) is 29.5 Å². The summed E-state index contributed by atoms with van der Waals surface area (Å²) in [6.07, 6.45) is 8.32. The second kappa shape index (κ2) is 9.11. The van der Waals surface area contributed by atoms with Gasteiger partial charge in [-0.15, -0.1) is 0 Å². The van der Waals surface area contributed by atoms with Gasteiger partial charge >= 0.3 is 5.97 Å². The van der Waals surface area contributed by atoms with E-state index in [1.54, 1.807) is 0 Å². The van der Waals surface area contributed by atoms with Crippen LogP contribution in [-0.4, -0.2) is 24.0 Å². The molecular formula is C26H32ClNO2. The van der Waals surface area contributed by atoms with Gasteiger partial charge in [0.05, 0.1) is 0 Å². The first-order chi connectivity index (χ1) is 14.6. The first-order valence-electron chi connectivity index (χ1n) is 11.4. The minimum Gasteiger partial charge on any atom is -0.454 e. The Hall–Kier alpha value is -1.84. The van der Waals surface area contributed by atoms with Gasteiger partial charge in [-0.05, 0) is 36.1 Å². The van der Waals surface area contributed by atoms with Crippen molar-refractivity contribution in [2.45, 2.75) is 69.4 Å². The molecule has 0 spiro atoms. The predicted octanol–water partition coefficient (Wildman–Crippen LogP) is 6.44. The Bertz CT molecular complexity index is 835. The zero-order chi connectivity index (χ0) is 21.0. The van der Waals surface area contributed by atoms with Crippen molar-refractivity contribution in [2.24, 2.45) is 0 Å². The van der Waals surface area contributed by atoms with E-state index in [4.69, 9.17) is 16.3 Å². The van der Waals surface area contributed by atoms with Crippen LogP contribution in [0.1, 0.15) is 69.4 Å². The molecule has 0 radical (unpaired) electrons. The van der Waals surface area contributed by atoms with E-state index in [0.717, 1.165) is 31.5 Å². The lowest BCUT2D eigenvalue weighted by Crippen LogP contribution is -2.54. The maximum absolute atomic E-state index is 12.3. The van der Waals surface area contributed by atoms with Crippen LogP contribution in [0.5, 0.6) is 0 Å². The number of hydrogen-bond donors (Lipinski definition) is 0.